The summed E-state index contributed by atoms with van der Waals surface area (Å²) in [6.07, 6.45) is -0.0543. The molecular weight excluding hydrogens is 399 g/mol. The van der Waals surface area contributed by atoms with Gasteiger partial charge in [-0.05, 0) is 56.2 Å². The molecule has 2 aliphatic rings. The Balaban J connectivity index is 1.43. The molecule has 0 bridgehead atoms. The van der Waals surface area contributed by atoms with Crippen molar-refractivity contribution in [3.8, 4) is 17.5 Å². The van der Waals surface area contributed by atoms with Gasteiger partial charge >= 0.3 is 12.2 Å². The fourth-order valence-electron chi connectivity index (χ4n) is 3.81. The number of alkyl halides is 3. The molecule has 10 heteroatoms. The minimum absolute atomic E-state index is 0.0140. The van der Waals surface area contributed by atoms with E-state index in [1.165, 1.54) is 18.9 Å². The third-order valence-corrected chi connectivity index (χ3v) is 5.92. The molecule has 2 heterocycles. The van der Waals surface area contributed by atoms with Crippen LogP contribution < -0.4 is 5.32 Å². The number of piperidine rings is 1. The summed E-state index contributed by atoms with van der Waals surface area (Å²) in [4.78, 5) is 14.5. The van der Waals surface area contributed by atoms with Gasteiger partial charge in [0.1, 0.15) is 6.04 Å². The number of rotatable bonds is 4. The molecule has 30 heavy (non-hydrogen) atoms. The lowest BCUT2D eigenvalue weighted by molar-refractivity contribution is -0.137. The van der Waals surface area contributed by atoms with E-state index in [4.69, 9.17) is 9.68 Å². The fourth-order valence-corrected chi connectivity index (χ4v) is 3.81. The first-order chi connectivity index (χ1) is 14.2. The van der Waals surface area contributed by atoms with E-state index in [-0.39, 0.29) is 23.4 Å². The highest BCUT2D eigenvalue weighted by atomic mass is 19.4. The lowest BCUT2D eigenvalue weighted by atomic mass is 9.93. The third kappa shape index (κ3) is 3.97. The molecule has 0 unspecified atom stereocenters. The first-order valence-corrected chi connectivity index (χ1v) is 9.71. The van der Waals surface area contributed by atoms with E-state index in [1.807, 2.05) is 4.90 Å². The molecule has 1 amide bonds. The van der Waals surface area contributed by atoms with Crippen LogP contribution in [-0.2, 0) is 11.0 Å². The number of nitriles is 1. The second-order valence-electron chi connectivity index (χ2n) is 7.97. The van der Waals surface area contributed by atoms with E-state index in [0.29, 0.717) is 5.41 Å². The Morgan fingerprint density at radius 3 is 2.57 bits per heavy atom. The smallest absolute Gasteiger partial charge is 0.403 e. The summed E-state index contributed by atoms with van der Waals surface area (Å²) in [7, 11) is 0. The van der Waals surface area contributed by atoms with Gasteiger partial charge in [-0.2, -0.15) is 18.4 Å². The third-order valence-electron chi connectivity index (χ3n) is 5.92. The van der Waals surface area contributed by atoms with Crippen LogP contribution in [0.15, 0.2) is 22.6 Å². The molecule has 7 nitrogen and oxygen atoms in total. The molecular formula is C20H20F3N5O2. The van der Waals surface area contributed by atoms with Gasteiger partial charge in [-0.1, -0.05) is 5.10 Å². The van der Waals surface area contributed by atoms with Crippen molar-refractivity contribution in [1.82, 2.24) is 15.1 Å². The second-order valence-corrected chi connectivity index (χ2v) is 7.97. The second kappa shape index (κ2) is 7.31. The summed E-state index contributed by atoms with van der Waals surface area (Å²) in [5, 5.41) is 19.5. The lowest BCUT2D eigenvalue weighted by Crippen LogP contribution is -2.45. The van der Waals surface area contributed by atoms with Crippen LogP contribution in [0.3, 0.4) is 0 Å². The Hall–Kier alpha value is -3.09. The molecule has 2 aromatic rings. The first kappa shape index (κ1) is 20.2. The number of benzene rings is 1. The molecule has 1 aliphatic carbocycles. The molecule has 158 valence electrons. The van der Waals surface area contributed by atoms with Crippen molar-refractivity contribution in [2.24, 2.45) is 5.41 Å². The predicted octanol–water partition coefficient (Wildman–Crippen LogP) is 3.83. The Labute approximate surface area is 170 Å². The number of carbonyl (C=O) groups excluding carboxylic acids is 1. The van der Waals surface area contributed by atoms with Gasteiger partial charge in [0.2, 0.25) is 11.8 Å². The van der Waals surface area contributed by atoms with Crippen molar-refractivity contribution in [1.29, 1.82) is 5.26 Å². The van der Waals surface area contributed by atoms with Gasteiger partial charge in [0, 0.05) is 18.7 Å². The number of nitrogens with zero attached hydrogens (tertiary/aromatic N) is 4. The molecule has 1 spiro atoms. The van der Waals surface area contributed by atoms with Gasteiger partial charge < -0.3 is 14.6 Å². The summed E-state index contributed by atoms with van der Waals surface area (Å²) < 4.78 is 44.3. The highest BCUT2D eigenvalue weighted by Crippen LogP contribution is 2.53. The predicted molar refractivity (Wildman–Crippen MR) is 100 cm³/mol. The fraction of sp³-hybridized carbons (Fsp3) is 0.500. The van der Waals surface area contributed by atoms with E-state index >= 15 is 0 Å². The van der Waals surface area contributed by atoms with Crippen molar-refractivity contribution in [3.05, 3.63) is 29.3 Å². The number of likely N-dealkylation sites (tertiary alicyclic amines) is 1. The number of hydrogen-bond donors (Lipinski definition) is 1. The van der Waals surface area contributed by atoms with Crippen LogP contribution in [0, 0.1) is 16.7 Å². The van der Waals surface area contributed by atoms with Crippen LogP contribution in [0.5, 0.6) is 0 Å². The van der Waals surface area contributed by atoms with Crippen LogP contribution in [0.2, 0.25) is 0 Å². The van der Waals surface area contributed by atoms with Gasteiger partial charge in [0.05, 0.1) is 17.2 Å². The summed E-state index contributed by atoms with van der Waals surface area (Å²) in [6, 6.07) is 3.96. The van der Waals surface area contributed by atoms with Crippen LogP contribution >= 0.6 is 0 Å². The van der Waals surface area contributed by atoms with Crippen molar-refractivity contribution >= 4 is 11.9 Å². The summed E-state index contributed by atoms with van der Waals surface area (Å²) in [6.45, 7) is 3.17. The van der Waals surface area contributed by atoms with Crippen LogP contribution in [0.4, 0.5) is 19.2 Å². The molecule has 2 fully saturated rings. The molecule has 1 aromatic carbocycles. The topological polar surface area (TPSA) is 95.0 Å². The average Bonchev–Trinajstić information content (AvgIpc) is 3.30. The molecule has 4 rings (SSSR count). The summed E-state index contributed by atoms with van der Waals surface area (Å²) >= 11 is 0. The molecule has 1 saturated heterocycles. The maximum Gasteiger partial charge on any atom is 0.417 e. The van der Waals surface area contributed by atoms with E-state index in [2.05, 4.69) is 15.5 Å². The number of halogens is 3. The van der Waals surface area contributed by atoms with Crippen molar-refractivity contribution < 1.29 is 22.4 Å². The Kier molecular flexibility index (Phi) is 4.92. The maximum absolute atomic E-state index is 12.9. The SMILES string of the molecule is C[C@@H](Nc1nnc(-c2ccc(C(F)(F)F)c(C#N)c2)o1)C(=O)N1CCC2(CC1)CC2. The van der Waals surface area contributed by atoms with Crippen molar-refractivity contribution in [3.63, 3.8) is 0 Å². The summed E-state index contributed by atoms with van der Waals surface area (Å²) in [5.41, 5.74) is -0.904. The highest BCUT2D eigenvalue weighted by molar-refractivity contribution is 5.83. The number of anilines is 1. The quantitative estimate of drug-likeness (QED) is 0.809. The largest absolute Gasteiger partial charge is 0.417 e. The molecule has 0 radical (unpaired) electrons. The van der Waals surface area contributed by atoms with Crippen LogP contribution in [0.1, 0.15) is 43.7 Å². The Morgan fingerprint density at radius 2 is 1.97 bits per heavy atom. The van der Waals surface area contributed by atoms with Gasteiger partial charge in [0.25, 0.3) is 0 Å². The molecule has 1 aliphatic heterocycles. The minimum Gasteiger partial charge on any atom is -0.403 e. The molecule has 1 aromatic heterocycles. The number of aromatic nitrogens is 2. The average molecular weight is 419 g/mol. The Morgan fingerprint density at radius 1 is 1.27 bits per heavy atom. The van der Waals surface area contributed by atoms with E-state index < -0.39 is 23.3 Å². The minimum atomic E-state index is -4.63. The lowest BCUT2D eigenvalue weighted by Gasteiger charge is -2.33. The molecule has 1 N–H and O–H groups in total. The summed E-state index contributed by atoms with van der Waals surface area (Å²) in [5.74, 6) is -0.109. The first-order valence-electron chi connectivity index (χ1n) is 9.71. The van der Waals surface area contributed by atoms with E-state index in [1.54, 1.807) is 6.92 Å². The number of amides is 1. The van der Waals surface area contributed by atoms with Crippen molar-refractivity contribution in [2.45, 2.75) is 44.8 Å². The van der Waals surface area contributed by atoms with Gasteiger partial charge in [0.15, 0.2) is 0 Å². The zero-order valence-electron chi connectivity index (χ0n) is 16.3. The maximum atomic E-state index is 12.9. The Bertz CT molecular complexity index is 997. The molecule has 1 atom stereocenters. The van der Waals surface area contributed by atoms with Gasteiger partial charge in [-0.25, -0.2) is 0 Å². The monoisotopic (exact) mass is 419 g/mol. The van der Waals surface area contributed by atoms with Gasteiger partial charge in [-0.3, -0.25) is 4.79 Å². The van der Waals surface area contributed by atoms with Crippen LogP contribution in [0.25, 0.3) is 11.5 Å². The van der Waals surface area contributed by atoms with E-state index in [9.17, 15) is 18.0 Å². The number of hydrogen-bond acceptors (Lipinski definition) is 6. The highest BCUT2D eigenvalue weighted by Gasteiger charge is 2.45. The van der Waals surface area contributed by atoms with Crippen molar-refractivity contribution in [2.75, 3.05) is 18.4 Å². The zero-order chi connectivity index (χ0) is 21.5. The normalized spacial score (nSPS) is 18.7. The number of carbonyl (C=O) groups is 1. The van der Waals surface area contributed by atoms with Gasteiger partial charge in [-0.15, -0.1) is 5.10 Å². The van der Waals surface area contributed by atoms with Crippen LogP contribution in [-0.4, -0.2) is 40.1 Å². The zero-order valence-corrected chi connectivity index (χ0v) is 16.3. The van der Waals surface area contributed by atoms with E-state index in [0.717, 1.165) is 44.1 Å². The number of nitrogens with one attached hydrogen (secondary N) is 1. The standard InChI is InChI=1S/C20H20F3N5O2/c1-12(17(29)28-8-6-19(4-5-19)7-9-28)25-18-27-26-16(30-18)13-2-3-15(20(21,22)23)14(10-13)11-24/h2-3,10,12H,4-9H2,1H3,(H,25,27)/t12-/m1/s1. The molecule has 1 saturated carbocycles.